The second-order valence-corrected chi connectivity index (χ2v) is 10.5. The average Bonchev–Trinajstić information content (AvgIpc) is 3.40. The number of halogens is 3. The minimum Gasteiger partial charge on any atom is -0.507 e. The molecule has 0 bridgehead atoms. The minimum atomic E-state index is -4.73. The van der Waals surface area contributed by atoms with Gasteiger partial charge in [-0.3, -0.25) is 14.5 Å². The normalized spacial score (nSPS) is 25.8. The van der Waals surface area contributed by atoms with Crippen molar-refractivity contribution >= 4 is 11.7 Å². The Kier molecular flexibility index (Phi) is 5.28. The van der Waals surface area contributed by atoms with Gasteiger partial charge in [0.1, 0.15) is 5.75 Å². The maximum atomic E-state index is 13.2. The molecule has 1 spiro atoms. The molecule has 0 aromatic heterocycles. The Hall–Kier alpha value is -2.55. The molecule has 1 N–H and O–H groups in total. The van der Waals surface area contributed by atoms with Gasteiger partial charge in [0.05, 0.1) is 17.3 Å². The number of aromatic hydroxyl groups is 1. The monoisotopic (exact) mass is 477 g/mol. The van der Waals surface area contributed by atoms with E-state index in [2.05, 4.69) is 22.9 Å². The number of likely N-dealkylation sites (tertiary alicyclic amines) is 1. The summed E-state index contributed by atoms with van der Waals surface area (Å²) in [5.74, 6) is -1.10. The molecule has 1 amide bonds. The Balaban J connectivity index is 1.31. The summed E-state index contributed by atoms with van der Waals surface area (Å²) in [7, 11) is 2.09. The number of rotatable bonds is 3. The first-order valence-electron chi connectivity index (χ1n) is 11.9. The zero-order valence-electron chi connectivity index (χ0n) is 19.5. The van der Waals surface area contributed by atoms with Crippen molar-refractivity contribution < 1.29 is 27.9 Å². The number of carbonyl (C=O) groups is 2. The van der Waals surface area contributed by atoms with E-state index in [1.807, 2.05) is 6.92 Å². The number of amides is 1. The van der Waals surface area contributed by atoms with Crippen molar-refractivity contribution in [3.8, 4) is 5.75 Å². The number of fused-ring (bicyclic) bond motifs is 2. The van der Waals surface area contributed by atoms with E-state index in [-0.39, 0.29) is 28.3 Å². The van der Waals surface area contributed by atoms with Crippen LogP contribution in [0.1, 0.15) is 54.9 Å². The molecule has 6 nitrogen and oxygen atoms in total. The fourth-order valence-electron chi connectivity index (χ4n) is 5.99. The van der Waals surface area contributed by atoms with Crippen LogP contribution in [0.5, 0.6) is 5.75 Å². The first kappa shape index (κ1) is 23.2. The first-order valence-corrected chi connectivity index (χ1v) is 11.9. The number of hydrogen-bond acceptors (Lipinski definition) is 5. The second-order valence-electron chi connectivity index (χ2n) is 10.5. The van der Waals surface area contributed by atoms with E-state index < -0.39 is 23.4 Å². The lowest BCUT2D eigenvalue weighted by Crippen LogP contribution is -2.68. The Morgan fingerprint density at radius 3 is 2.35 bits per heavy atom. The quantitative estimate of drug-likeness (QED) is 0.720. The van der Waals surface area contributed by atoms with E-state index in [9.17, 15) is 27.9 Å². The van der Waals surface area contributed by atoms with Gasteiger partial charge in [-0.25, -0.2) is 0 Å². The van der Waals surface area contributed by atoms with E-state index in [1.54, 1.807) is 4.90 Å². The minimum absolute atomic E-state index is 0.0761. The molecule has 3 fully saturated rings. The van der Waals surface area contributed by atoms with E-state index >= 15 is 0 Å². The smallest absolute Gasteiger partial charge is 0.419 e. The van der Waals surface area contributed by atoms with Crippen LogP contribution in [-0.2, 0) is 11.0 Å². The van der Waals surface area contributed by atoms with E-state index in [0.29, 0.717) is 25.9 Å². The summed E-state index contributed by atoms with van der Waals surface area (Å²) < 4.78 is 39.5. The lowest BCUT2D eigenvalue weighted by Gasteiger charge is -2.57. The van der Waals surface area contributed by atoms with Gasteiger partial charge >= 0.3 is 6.18 Å². The molecule has 184 valence electrons. The van der Waals surface area contributed by atoms with Crippen molar-refractivity contribution in [1.82, 2.24) is 14.7 Å². The molecule has 1 aliphatic carbocycles. The highest BCUT2D eigenvalue weighted by Gasteiger charge is 2.55. The molecule has 1 aromatic carbocycles. The number of allylic oxidation sites excluding steroid dienone is 1. The molecule has 5 rings (SSSR count). The number of benzene rings is 1. The van der Waals surface area contributed by atoms with Gasteiger partial charge in [-0.15, -0.1) is 0 Å². The average molecular weight is 478 g/mol. The van der Waals surface area contributed by atoms with E-state index in [4.69, 9.17) is 0 Å². The lowest BCUT2D eigenvalue weighted by molar-refractivity contribution is -0.138. The van der Waals surface area contributed by atoms with Crippen LogP contribution in [0, 0.1) is 5.41 Å². The standard InChI is InChI=1S/C25H30F3N3O3/c1-23(7-8-23)21(33)18-4-6-20-24(29(2)13-14-31(18)20)9-11-30(12-10-24)22(34)16-3-5-19(32)17(15-16)25(26,27)28/h3-5,15,20,32H,6-14H2,1-2H3. The summed E-state index contributed by atoms with van der Waals surface area (Å²) in [6.07, 6.45) is 1.41. The summed E-state index contributed by atoms with van der Waals surface area (Å²) in [6, 6.07) is 3.06. The van der Waals surface area contributed by atoms with E-state index in [0.717, 1.165) is 50.2 Å². The van der Waals surface area contributed by atoms with Gasteiger partial charge in [0.15, 0.2) is 5.78 Å². The van der Waals surface area contributed by atoms with E-state index in [1.165, 1.54) is 6.07 Å². The lowest BCUT2D eigenvalue weighted by atomic mass is 9.76. The SMILES string of the molecule is CN1CCN2C(C(=O)C3(C)CC3)=CCC2C12CCN(C(=O)c1ccc(O)c(C(F)(F)F)c1)CC2. The van der Waals surface area contributed by atoms with Crippen molar-refractivity contribution in [1.29, 1.82) is 0 Å². The summed E-state index contributed by atoms with van der Waals surface area (Å²) in [4.78, 5) is 32.3. The highest BCUT2D eigenvalue weighted by atomic mass is 19.4. The predicted molar refractivity (Wildman–Crippen MR) is 119 cm³/mol. The Morgan fingerprint density at radius 1 is 1.06 bits per heavy atom. The summed E-state index contributed by atoms with van der Waals surface area (Å²) >= 11 is 0. The molecule has 1 aromatic rings. The molecule has 2 saturated heterocycles. The maximum Gasteiger partial charge on any atom is 0.419 e. The van der Waals surface area contributed by atoms with Gasteiger partial charge in [-0.05, 0) is 57.4 Å². The summed E-state index contributed by atoms with van der Waals surface area (Å²) in [5.41, 5.74) is -0.836. The number of nitrogens with zero attached hydrogens (tertiary/aromatic N) is 3. The molecule has 3 aliphatic heterocycles. The van der Waals surface area contributed by atoms with Crippen LogP contribution in [0.25, 0.3) is 0 Å². The van der Waals surface area contributed by atoms with Gasteiger partial charge in [0.25, 0.3) is 5.91 Å². The van der Waals surface area contributed by atoms with Gasteiger partial charge in [0.2, 0.25) is 0 Å². The molecular weight excluding hydrogens is 447 g/mol. The second kappa shape index (κ2) is 7.73. The number of phenolic OH excluding ortho intramolecular Hbond substituents is 1. The Labute approximate surface area is 197 Å². The summed E-state index contributed by atoms with van der Waals surface area (Å²) in [6.45, 7) is 4.51. The van der Waals surface area contributed by atoms with Crippen molar-refractivity contribution in [2.24, 2.45) is 5.41 Å². The van der Waals surface area contributed by atoms with Crippen LogP contribution in [-0.4, -0.2) is 76.3 Å². The Morgan fingerprint density at radius 2 is 1.74 bits per heavy atom. The van der Waals surface area contributed by atoms with Crippen LogP contribution >= 0.6 is 0 Å². The van der Waals surface area contributed by atoms with Gasteiger partial charge in [0, 0.05) is 42.7 Å². The number of carbonyl (C=O) groups excluding carboxylic acids is 2. The maximum absolute atomic E-state index is 13.2. The highest BCUT2D eigenvalue weighted by molar-refractivity contribution is 6.01. The van der Waals surface area contributed by atoms with Gasteiger partial charge in [-0.1, -0.05) is 13.0 Å². The number of alkyl halides is 3. The number of Topliss-reactive ketones (excluding diaryl/α,β-unsaturated/α-hetero) is 1. The largest absolute Gasteiger partial charge is 0.507 e. The fraction of sp³-hybridized carbons (Fsp3) is 0.600. The molecule has 9 heteroatoms. The molecule has 34 heavy (non-hydrogen) atoms. The van der Waals surface area contributed by atoms with Crippen LogP contribution in [0.15, 0.2) is 30.0 Å². The molecule has 0 radical (unpaired) electrons. The topological polar surface area (TPSA) is 64.1 Å². The third-order valence-electron chi connectivity index (χ3n) is 8.52. The van der Waals surface area contributed by atoms with Crippen LogP contribution < -0.4 is 0 Å². The number of likely N-dealkylation sites (N-methyl/N-ethyl adjacent to an activating group) is 1. The van der Waals surface area contributed by atoms with Gasteiger partial charge in [-0.2, -0.15) is 13.2 Å². The third-order valence-corrected chi connectivity index (χ3v) is 8.52. The fourth-order valence-corrected chi connectivity index (χ4v) is 5.99. The number of ketones is 1. The number of phenols is 1. The number of piperazine rings is 1. The van der Waals surface area contributed by atoms with Crippen LogP contribution in [0.4, 0.5) is 13.2 Å². The molecule has 4 aliphatic rings. The molecular formula is C25H30F3N3O3. The van der Waals surface area contributed by atoms with Crippen LogP contribution in [0.3, 0.4) is 0 Å². The molecule has 1 saturated carbocycles. The number of hydrogen-bond donors (Lipinski definition) is 1. The highest BCUT2D eigenvalue weighted by Crippen LogP contribution is 2.50. The zero-order valence-corrected chi connectivity index (χ0v) is 19.5. The molecule has 1 atom stereocenters. The van der Waals surface area contributed by atoms with Gasteiger partial charge < -0.3 is 14.9 Å². The zero-order chi connectivity index (χ0) is 24.5. The number of piperidine rings is 1. The van der Waals surface area contributed by atoms with Crippen molar-refractivity contribution in [2.45, 2.75) is 56.8 Å². The summed E-state index contributed by atoms with van der Waals surface area (Å²) in [5, 5.41) is 9.58. The first-order chi connectivity index (χ1) is 16.0. The predicted octanol–water partition coefficient (Wildman–Crippen LogP) is 3.66. The third kappa shape index (κ3) is 3.59. The van der Waals surface area contributed by atoms with Crippen molar-refractivity contribution in [3.05, 3.63) is 41.1 Å². The van der Waals surface area contributed by atoms with Crippen molar-refractivity contribution in [2.75, 3.05) is 33.2 Å². The molecule has 3 heterocycles. The van der Waals surface area contributed by atoms with Crippen LogP contribution in [0.2, 0.25) is 0 Å². The Bertz CT molecular complexity index is 1060. The molecule has 1 unspecified atom stereocenters. The van der Waals surface area contributed by atoms with Crippen molar-refractivity contribution in [3.63, 3.8) is 0 Å².